The van der Waals surface area contributed by atoms with Crippen molar-refractivity contribution in [1.82, 2.24) is 9.80 Å². The zero-order chi connectivity index (χ0) is 39.4. The second-order valence-electron chi connectivity index (χ2n) is 15.2. The van der Waals surface area contributed by atoms with Crippen LogP contribution in [0.5, 0.6) is 0 Å². The van der Waals surface area contributed by atoms with Crippen LogP contribution in [0.3, 0.4) is 0 Å². The zero-order valence-electron chi connectivity index (χ0n) is 33.4. The lowest BCUT2D eigenvalue weighted by atomic mass is 9.82. The predicted octanol–water partition coefficient (Wildman–Crippen LogP) is 3.01. The predicted molar refractivity (Wildman–Crippen MR) is 197 cm³/mol. The lowest BCUT2D eigenvalue weighted by Gasteiger charge is -2.47. The molecule has 0 saturated carbocycles. The number of nitrogens with zero attached hydrogens (tertiary/aromatic N) is 2. The molecule has 0 bridgehead atoms. The van der Waals surface area contributed by atoms with Crippen LogP contribution in [-0.4, -0.2) is 153 Å². The minimum Gasteiger partial charge on any atom is -0.462 e. The van der Waals surface area contributed by atoms with Crippen molar-refractivity contribution >= 4 is 18.2 Å². The number of carbonyl (C=O) groups excluding carboxylic acids is 3. The largest absolute Gasteiger partial charge is 0.462 e. The van der Waals surface area contributed by atoms with E-state index in [1.165, 1.54) is 7.11 Å². The molecule has 3 aliphatic heterocycles. The molecule has 0 aromatic rings. The first kappa shape index (κ1) is 45.1. The van der Waals surface area contributed by atoms with E-state index in [9.17, 15) is 24.6 Å². The van der Waals surface area contributed by atoms with E-state index >= 15 is 0 Å². The molecule has 0 aliphatic carbocycles. The Bertz CT molecular complexity index is 1200. The number of esters is 2. The van der Waals surface area contributed by atoms with Gasteiger partial charge in [-0.1, -0.05) is 38.2 Å². The summed E-state index contributed by atoms with van der Waals surface area (Å²) >= 11 is 0. The van der Waals surface area contributed by atoms with Crippen molar-refractivity contribution in [2.75, 3.05) is 35.3 Å². The fourth-order valence-corrected chi connectivity index (χ4v) is 7.69. The summed E-state index contributed by atoms with van der Waals surface area (Å²) in [5, 5.41) is 22.4. The average Bonchev–Trinajstić information content (AvgIpc) is 3.08. The van der Waals surface area contributed by atoms with Gasteiger partial charge in [0.15, 0.2) is 12.6 Å². The molecule has 3 rings (SSSR count). The number of methoxy groups -OCH3 is 1. The number of hydrogen-bond acceptors (Lipinski definition) is 14. The van der Waals surface area contributed by atoms with Crippen molar-refractivity contribution < 1.29 is 57.8 Å². The summed E-state index contributed by atoms with van der Waals surface area (Å²) in [7, 11) is 8.97. The van der Waals surface area contributed by atoms with Gasteiger partial charge in [0.2, 0.25) is 0 Å². The third-order valence-electron chi connectivity index (χ3n) is 10.6. The fraction of sp³-hybridized carbons (Fsp3) is 0.821. The maximum atomic E-state index is 13.3. The topological polar surface area (TPSA) is 163 Å². The van der Waals surface area contributed by atoms with Crippen molar-refractivity contribution in [1.29, 1.82) is 0 Å². The first-order valence-electron chi connectivity index (χ1n) is 19.1. The zero-order valence-corrected chi connectivity index (χ0v) is 33.4. The van der Waals surface area contributed by atoms with E-state index < -0.39 is 85.3 Å². The number of likely N-dealkylation sites (N-methyl/N-ethyl adjacent to an activating group) is 2. The highest BCUT2D eigenvalue weighted by molar-refractivity contribution is 5.72. The quantitative estimate of drug-likeness (QED) is 0.234. The Kier molecular flexibility index (Phi) is 18.5. The molecule has 14 nitrogen and oxygen atoms in total. The van der Waals surface area contributed by atoms with Crippen LogP contribution in [0.25, 0.3) is 0 Å². The standard InChI is InChI=1S/C39H66N2O12/c1-11-31(43)51-30-22-32(44)48-24(3)15-13-12-14-16-29(52-33-18-17-28(40(6)7)25(4)49-33)23(2)21-27(19-20-42)37(38(30)47-10)53-39-36(46)34(41(8)9)35(45)26(5)50-39/h12-14,16,20,23-30,33-39,45-46H,11,15,17-19,21-22H2,1-10H3/b13-12+,16-14+/t23-,24-,25-,26-,27+,28+,29+,30-,33?,34+,35-,36-,37+,38+,39+/m1/s1. The number of aldehydes is 1. The van der Waals surface area contributed by atoms with Gasteiger partial charge in [0.05, 0.1) is 43.0 Å². The van der Waals surface area contributed by atoms with Crippen LogP contribution in [0.1, 0.15) is 79.6 Å². The molecule has 2 fully saturated rings. The van der Waals surface area contributed by atoms with Crippen LogP contribution in [0.4, 0.5) is 0 Å². The maximum absolute atomic E-state index is 13.3. The summed E-state index contributed by atoms with van der Waals surface area (Å²) in [6.07, 6.45) is 1.47. The average molecular weight is 755 g/mol. The van der Waals surface area contributed by atoms with Crippen LogP contribution in [-0.2, 0) is 47.5 Å². The minimum absolute atomic E-state index is 0.000703. The van der Waals surface area contributed by atoms with E-state index in [0.717, 1.165) is 12.7 Å². The number of ether oxygens (including phenoxy) is 7. The molecule has 304 valence electrons. The van der Waals surface area contributed by atoms with Crippen LogP contribution >= 0.6 is 0 Å². The van der Waals surface area contributed by atoms with Gasteiger partial charge in [-0.3, -0.25) is 9.59 Å². The maximum Gasteiger partial charge on any atom is 0.309 e. The lowest BCUT2D eigenvalue weighted by molar-refractivity contribution is -0.310. The number of aliphatic hydroxyl groups is 2. The van der Waals surface area contributed by atoms with Crippen LogP contribution in [0.15, 0.2) is 24.3 Å². The van der Waals surface area contributed by atoms with E-state index in [1.54, 1.807) is 39.8 Å². The van der Waals surface area contributed by atoms with E-state index in [1.807, 2.05) is 52.2 Å². The minimum atomic E-state index is -1.31. The van der Waals surface area contributed by atoms with Crippen molar-refractivity contribution in [3.05, 3.63) is 24.3 Å². The van der Waals surface area contributed by atoms with Gasteiger partial charge in [-0.25, -0.2) is 0 Å². The Labute approximate surface area is 316 Å². The Morgan fingerprint density at radius 3 is 2.28 bits per heavy atom. The van der Waals surface area contributed by atoms with Gasteiger partial charge in [0.1, 0.15) is 30.7 Å². The van der Waals surface area contributed by atoms with Crippen LogP contribution in [0, 0.1) is 11.8 Å². The highest BCUT2D eigenvalue weighted by atomic mass is 16.7. The molecule has 15 atom stereocenters. The fourth-order valence-electron chi connectivity index (χ4n) is 7.69. The molecule has 1 unspecified atom stereocenters. The smallest absolute Gasteiger partial charge is 0.309 e. The second-order valence-corrected chi connectivity index (χ2v) is 15.2. The summed E-state index contributed by atoms with van der Waals surface area (Å²) in [5.41, 5.74) is 0. The number of carbonyl (C=O) groups is 3. The monoisotopic (exact) mass is 754 g/mol. The van der Waals surface area contributed by atoms with Gasteiger partial charge >= 0.3 is 11.9 Å². The number of allylic oxidation sites excluding steroid dienone is 2. The van der Waals surface area contributed by atoms with Crippen molar-refractivity contribution in [3.63, 3.8) is 0 Å². The van der Waals surface area contributed by atoms with Gasteiger partial charge in [0, 0.05) is 32.4 Å². The Morgan fingerprint density at radius 2 is 1.68 bits per heavy atom. The molecule has 2 saturated heterocycles. The van der Waals surface area contributed by atoms with E-state index in [0.29, 0.717) is 19.3 Å². The molecule has 14 heteroatoms. The van der Waals surface area contributed by atoms with Crippen molar-refractivity contribution in [2.45, 2.75) is 159 Å². The molecular formula is C39H66N2O12. The van der Waals surface area contributed by atoms with E-state index in [2.05, 4.69) is 4.90 Å². The lowest BCUT2D eigenvalue weighted by Crippen LogP contribution is -2.63. The number of hydrogen-bond donors (Lipinski definition) is 2. The molecule has 0 radical (unpaired) electrons. The number of cyclic esters (lactones) is 1. The van der Waals surface area contributed by atoms with Crippen LogP contribution in [0.2, 0.25) is 0 Å². The molecule has 0 spiro atoms. The Morgan fingerprint density at radius 1 is 0.962 bits per heavy atom. The van der Waals surface area contributed by atoms with Gasteiger partial charge in [-0.2, -0.15) is 0 Å². The molecule has 0 aromatic heterocycles. The Balaban J connectivity index is 2.09. The summed E-state index contributed by atoms with van der Waals surface area (Å²) in [5.74, 6) is -1.98. The van der Waals surface area contributed by atoms with E-state index in [-0.39, 0.29) is 37.3 Å². The molecule has 2 N–H and O–H groups in total. The molecular weight excluding hydrogens is 688 g/mol. The SMILES string of the molecule is CCC(=O)O[C@@H]1CC(=O)O[C@H](C)C/C=C/C=C/[C@H](OC2CC[C@H](N(C)C)[C@@H](C)O2)[C@H](C)C[C@H](CC=O)[C@H](O[C@@H]2O[C@H](C)[C@@H](O)[C@H](N(C)C)[C@H]2O)[C@H]1OC. The number of aliphatic hydroxyl groups excluding tert-OH is 2. The van der Waals surface area contributed by atoms with Gasteiger partial charge in [-0.15, -0.1) is 0 Å². The first-order chi connectivity index (χ1) is 25.1. The van der Waals surface area contributed by atoms with Crippen LogP contribution < -0.4 is 0 Å². The van der Waals surface area contributed by atoms with Crippen molar-refractivity contribution in [2.24, 2.45) is 11.8 Å². The number of rotatable bonds is 11. The first-order valence-corrected chi connectivity index (χ1v) is 19.1. The van der Waals surface area contributed by atoms with Gasteiger partial charge in [-0.05, 0) is 80.1 Å². The van der Waals surface area contributed by atoms with E-state index in [4.69, 9.17) is 33.2 Å². The summed E-state index contributed by atoms with van der Waals surface area (Å²) < 4.78 is 43.3. The summed E-state index contributed by atoms with van der Waals surface area (Å²) in [6, 6.07) is -0.478. The van der Waals surface area contributed by atoms with Gasteiger partial charge in [0.25, 0.3) is 0 Å². The molecule has 0 aromatic carbocycles. The summed E-state index contributed by atoms with van der Waals surface area (Å²) in [6.45, 7) is 9.17. The molecule has 53 heavy (non-hydrogen) atoms. The van der Waals surface area contributed by atoms with Gasteiger partial charge < -0.3 is 58.0 Å². The highest BCUT2D eigenvalue weighted by Gasteiger charge is 2.49. The second kappa shape index (κ2) is 21.7. The summed E-state index contributed by atoms with van der Waals surface area (Å²) in [4.78, 5) is 42.4. The Hall–Kier alpha value is -2.27. The normalized spacial score (nSPS) is 40.7. The van der Waals surface area contributed by atoms with Crippen molar-refractivity contribution in [3.8, 4) is 0 Å². The molecule has 3 heterocycles. The third-order valence-corrected chi connectivity index (χ3v) is 10.6. The molecule has 3 aliphatic rings. The molecule has 0 amide bonds. The highest BCUT2D eigenvalue weighted by Crippen LogP contribution is 2.35. The third kappa shape index (κ3) is 12.9.